The highest BCUT2D eigenvalue weighted by Gasteiger charge is 2.33. The summed E-state index contributed by atoms with van der Waals surface area (Å²) in [6.45, 7) is 1.97. The van der Waals surface area contributed by atoms with Gasteiger partial charge in [-0.2, -0.15) is 4.99 Å². The molecule has 1 atom stereocenters. The van der Waals surface area contributed by atoms with Crippen molar-refractivity contribution in [3.05, 3.63) is 84.2 Å². The van der Waals surface area contributed by atoms with Gasteiger partial charge >= 0.3 is 12.4 Å². The van der Waals surface area contributed by atoms with E-state index in [0.29, 0.717) is 28.5 Å². The fraction of sp³-hybridized carbons (Fsp3) is 0.233. The smallest absolute Gasteiger partial charge is 0.497 e. The van der Waals surface area contributed by atoms with Gasteiger partial charge in [0.25, 0.3) is 0 Å². The van der Waals surface area contributed by atoms with Gasteiger partial charge in [-0.25, -0.2) is 19.9 Å². The molecule has 1 saturated heterocycles. The number of rotatable bonds is 10. The number of benzene rings is 3. The second-order valence-electron chi connectivity index (χ2n) is 9.68. The normalized spacial score (nSPS) is 14.9. The first-order valence-corrected chi connectivity index (χ1v) is 14.6. The Morgan fingerprint density at radius 1 is 1.07 bits per heavy atom. The van der Waals surface area contributed by atoms with Gasteiger partial charge in [0.1, 0.15) is 23.9 Å². The second-order valence-corrected chi connectivity index (χ2v) is 10.6. The first-order chi connectivity index (χ1) is 22.0. The van der Waals surface area contributed by atoms with E-state index in [1.54, 1.807) is 56.5 Å². The van der Waals surface area contributed by atoms with E-state index in [4.69, 9.17) is 14.3 Å². The third-order valence-corrected chi connectivity index (χ3v) is 7.51. The number of methoxy groups -OCH3 is 2. The van der Waals surface area contributed by atoms with E-state index in [1.807, 2.05) is 0 Å². The fourth-order valence-corrected chi connectivity index (χ4v) is 5.24. The molecule has 46 heavy (non-hydrogen) atoms. The van der Waals surface area contributed by atoms with Gasteiger partial charge in [0, 0.05) is 24.3 Å². The van der Waals surface area contributed by atoms with Crippen LogP contribution in [0.5, 0.6) is 11.5 Å². The lowest BCUT2D eigenvalue weighted by Gasteiger charge is -2.20. The number of hydrogen-bond acceptors (Lipinski definition) is 9. The average molecular weight is 657 g/mol. The number of alkyl halides is 3. The number of carbonyl (C=O) groups excluding carboxylic acids is 2. The molecule has 3 aromatic carbocycles. The maximum Gasteiger partial charge on any atom is 0.573 e. The van der Waals surface area contributed by atoms with Crippen LogP contribution in [0.1, 0.15) is 24.2 Å². The molecule has 0 spiro atoms. The zero-order valence-corrected chi connectivity index (χ0v) is 25.5. The zero-order valence-electron chi connectivity index (χ0n) is 24.6. The molecule has 0 radical (unpaired) electrons. The molecule has 1 aromatic heterocycles. The lowest BCUT2D eigenvalue weighted by atomic mass is 10.1. The molecule has 4 aromatic rings. The van der Waals surface area contributed by atoms with Gasteiger partial charge in [-0.1, -0.05) is 42.1 Å². The Balaban J connectivity index is 1.20. The lowest BCUT2D eigenvalue weighted by molar-refractivity contribution is -0.274. The number of amides is 3. The Morgan fingerprint density at radius 3 is 2.46 bits per heavy atom. The van der Waals surface area contributed by atoms with Crippen molar-refractivity contribution in [3.63, 3.8) is 0 Å². The second kappa shape index (κ2) is 14.0. The number of halogens is 3. The summed E-state index contributed by atoms with van der Waals surface area (Å²) in [5.41, 5.74) is 5.43. The highest BCUT2D eigenvalue weighted by atomic mass is 32.2. The number of nitrogens with zero attached hydrogens (tertiary/aromatic N) is 5. The van der Waals surface area contributed by atoms with E-state index < -0.39 is 18.5 Å². The summed E-state index contributed by atoms with van der Waals surface area (Å²) in [6, 6.07) is 16.7. The van der Waals surface area contributed by atoms with Gasteiger partial charge in [0.2, 0.25) is 5.91 Å². The molecule has 1 aliphatic rings. The predicted octanol–water partition coefficient (Wildman–Crippen LogP) is 5.83. The number of anilines is 1. The molecule has 240 valence electrons. The minimum absolute atomic E-state index is 0.107. The van der Waals surface area contributed by atoms with Crippen molar-refractivity contribution < 1.29 is 41.8 Å². The Labute approximate surface area is 265 Å². The number of aromatic nitrogens is 3. The van der Waals surface area contributed by atoms with Gasteiger partial charge in [0.15, 0.2) is 11.0 Å². The van der Waals surface area contributed by atoms with Crippen molar-refractivity contribution >= 4 is 34.6 Å². The van der Waals surface area contributed by atoms with Crippen molar-refractivity contribution in [1.82, 2.24) is 20.2 Å². The number of nitrogens with one attached hydrogen (secondary N) is 1. The van der Waals surface area contributed by atoms with E-state index >= 15 is 0 Å². The standard InChI is InChI=1S/C30H27F3N6O6S/c1-18(45-37-28(41)35-29-39(26(40)16-46-29)25-14-24(43-3)11-8-21(25)15-42-2)19-4-6-20(7-5-19)27-34-17-38(36-27)22-9-12-23(13-10-22)44-30(31,32)33/h4-14,17-18H,15-16H2,1-3H3,(H,37,41)/b35-29-. The lowest BCUT2D eigenvalue weighted by Crippen LogP contribution is -2.32. The van der Waals surface area contributed by atoms with Crippen molar-refractivity contribution in [2.45, 2.75) is 26.0 Å². The summed E-state index contributed by atoms with van der Waals surface area (Å²) in [4.78, 5) is 40.7. The summed E-state index contributed by atoms with van der Waals surface area (Å²) in [5, 5.41) is 4.58. The van der Waals surface area contributed by atoms with Gasteiger partial charge in [0.05, 0.1) is 30.8 Å². The summed E-state index contributed by atoms with van der Waals surface area (Å²) in [5.74, 6) is 0.438. The number of thioether (sulfide) groups is 1. The minimum atomic E-state index is -4.78. The van der Waals surface area contributed by atoms with E-state index in [2.05, 4.69) is 25.3 Å². The predicted molar refractivity (Wildman–Crippen MR) is 163 cm³/mol. The van der Waals surface area contributed by atoms with Crippen LogP contribution < -0.4 is 19.9 Å². The van der Waals surface area contributed by atoms with Crippen LogP contribution in [0.15, 0.2) is 78.0 Å². The number of carbonyl (C=O) groups is 2. The van der Waals surface area contributed by atoms with Gasteiger partial charge in [-0.05, 0) is 42.8 Å². The third-order valence-electron chi connectivity index (χ3n) is 6.58. The van der Waals surface area contributed by atoms with Crippen LogP contribution in [0.25, 0.3) is 17.1 Å². The topological polar surface area (TPSA) is 129 Å². The molecule has 1 aliphatic heterocycles. The number of amidine groups is 1. The van der Waals surface area contributed by atoms with Gasteiger partial charge in [-0.15, -0.1) is 18.3 Å². The fourth-order valence-electron chi connectivity index (χ4n) is 4.38. The summed E-state index contributed by atoms with van der Waals surface area (Å²) in [7, 11) is 3.06. The molecule has 2 heterocycles. The van der Waals surface area contributed by atoms with Crippen LogP contribution in [0.3, 0.4) is 0 Å². The van der Waals surface area contributed by atoms with Crippen LogP contribution in [0.4, 0.5) is 23.7 Å². The SMILES string of the molecule is COCc1ccc(OC)cc1N1C(=O)CS/C1=N\C(=O)NOC(C)c1ccc(-c2ncn(-c3ccc(OC(F)(F)F)cc3)n2)cc1. The summed E-state index contributed by atoms with van der Waals surface area (Å²) < 4.78 is 53.1. The maximum atomic E-state index is 12.8. The van der Waals surface area contributed by atoms with Crippen molar-refractivity contribution in [1.29, 1.82) is 0 Å². The van der Waals surface area contributed by atoms with E-state index in [9.17, 15) is 22.8 Å². The number of aliphatic imine (C=N–C) groups is 1. The van der Waals surface area contributed by atoms with Crippen LogP contribution in [0, 0.1) is 0 Å². The molecule has 16 heteroatoms. The zero-order chi connectivity index (χ0) is 32.8. The number of hydroxylamine groups is 1. The average Bonchev–Trinajstić information content (AvgIpc) is 3.67. The highest BCUT2D eigenvalue weighted by Crippen LogP contribution is 2.33. The highest BCUT2D eigenvalue weighted by molar-refractivity contribution is 8.15. The molecular formula is C30H27F3N6O6S. The molecule has 3 amide bonds. The molecule has 0 aliphatic carbocycles. The summed E-state index contributed by atoms with van der Waals surface area (Å²) >= 11 is 1.12. The van der Waals surface area contributed by atoms with Gasteiger partial charge < -0.3 is 14.2 Å². The molecule has 0 bridgehead atoms. The van der Waals surface area contributed by atoms with Crippen molar-refractivity contribution in [2.75, 3.05) is 24.9 Å². The Kier molecular flexibility index (Phi) is 9.89. The largest absolute Gasteiger partial charge is 0.573 e. The van der Waals surface area contributed by atoms with E-state index in [0.717, 1.165) is 22.9 Å². The van der Waals surface area contributed by atoms with Crippen LogP contribution in [0.2, 0.25) is 0 Å². The molecule has 1 N–H and O–H groups in total. The number of urea groups is 1. The molecular weight excluding hydrogens is 629 g/mol. The summed E-state index contributed by atoms with van der Waals surface area (Å²) in [6.07, 6.45) is -3.90. The Morgan fingerprint density at radius 2 is 1.78 bits per heavy atom. The minimum Gasteiger partial charge on any atom is -0.497 e. The molecule has 1 fully saturated rings. The Hall–Kier alpha value is -4.93. The number of hydrogen-bond donors (Lipinski definition) is 1. The first kappa shape index (κ1) is 32.5. The monoisotopic (exact) mass is 656 g/mol. The van der Waals surface area contributed by atoms with Crippen LogP contribution >= 0.6 is 11.8 Å². The number of ether oxygens (including phenoxy) is 3. The van der Waals surface area contributed by atoms with Crippen LogP contribution in [-0.4, -0.2) is 58.2 Å². The molecule has 12 nitrogen and oxygen atoms in total. The van der Waals surface area contributed by atoms with Crippen molar-refractivity contribution in [2.24, 2.45) is 4.99 Å². The van der Waals surface area contributed by atoms with Gasteiger partial charge in [-0.3, -0.25) is 14.5 Å². The van der Waals surface area contributed by atoms with Crippen molar-refractivity contribution in [3.8, 4) is 28.6 Å². The maximum absolute atomic E-state index is 12.8. The quantitative estimate of drug-likeness (QED) is 0.210. The molecule has 1 unspecified atom stereocenters. The molecule has 0 saturated carbocycles. The van der Waals surface area contributed by atoms with E-state index in [1.165, 1.54) is 47.3 Å². The van der Waals surface area contributed by atoms with Crippen LogP contribution in [-0.2, 0) is 21.0 Å². The van der Waals surface area contributed by atoms with E-state index in [-0.39, 0.29) is 29.2 Å². The first-order valence-electron chi connectivity index (χ1n) is 13.6. The Bertz CT molecular complexity index is 1730. The molecule has 5 rings (SSSR count). The third kappa shape index (κ3) is 7.82.